The number of methoxy groups -OCH3 is 1. The first kappa shape index (κ1) is 17.2. The molecule has 0 aromatic rings. The maximum absolute atomic E-state index is 11.8. The van der Waals surface area contributed by atoms with Gasteiger partial charge in [0.25, 0.3) is 0 Å². The van der Waals surface area contributed by atoms with Crippen molar-refractivity contribution >= 4 is 17.9 Å². The van der Waals surface area contributed by atoms with Crippen molar-refractivity contribution in [3.05, 3.63) is 0 Å². The van der Waals surface area contributed by atoms with Crippen molar-refractivity contribution in [2.45, 2.75) is 12.5 Å². The van der Waals surface area contributed by atoms with Crippen molar-refractivity contribution < 1.29 is 29.0 Å². The molecule has 0 aliphatic carbocycles. The number of carbonyl (C=O) groups is 3. The maximum atomic E-state index is 11.8. The van der Waals surface area contributed by atoms with Gasteiger partial charge < -0.3 is 30.1 Å². The predicted octanol–water partition coefficient (Wildman–Crippen LogP) is -1.37. The van der Waals surface area contributed by atoms with E-state index in [9.17, 15) is 14.4 Å². The molecule has 0 aromatic carbocycles. The van der Waals surface area contributed by atoms with Crippen molar-refractivity contribution in [1.29, 1.82) is 0 Å². The summed E-state index contributed by atoms with van der Waals surface area (Å²) in [4.78, 5) is 35.8. The van der Waals surface area contributed by atoms with E-state index in [1.54, 1.807) is 4.90 Å². The molecule has 1 aliphatic rings. The van der Waals surface area contributed by atoms with Crippen LogP contribution in [0.4, 0.5) is 4.79 Å². The fourth-order valence-corrected chi connectivity index (χ4v) is 1.80. The maximum Gasteiger partial charge on any atom is 0.328 e. The molecule has 9 heteroatoms. The second-order valence-electron chi connectivity index (χ2n) is 4.49. The van der Waals surface area contributed by atoms with E-state index in [0.29, 0.717) is 26.3 Å². The number of amides is 3. The first-order valence-electron chi connectivity index (χ1n) is 6.66. The monoisotopic (exact) mass is 303 g/mol. The lowest BCUT2D eigenvalue weighted by molar-refractivity contribution is -0.140. The summed E-state index contributed by atoms with van der Waals surface area (Å²) in [5.41, 5.74) is 0. The van der Waals surface area contributed by atoms with E-state index in [4.69, 9.17) is 14.6 Å². The lowest BCUT2D eigenvalue weighted by atomic mass is 10.3. The minimum Gasteiger partial charge on any atom is -0.480 e. The number of ether oxygens (including phenoxy) is 2. The van der Waals surface area contributed by atoms with Gasteiger partial charge in [0.1, 0.15) is 0 Å². The Morgan fingerprint density at radius 1 is 1.33 bits per heavy atom. The van der Waals surface area contributed by atoms with E-state index < -0.39 is 18.0 Å². The minimum atomic E-state index is -1.18. The average molecular weight is 303 g/mol. The molecule has 0 bridgehead atoms. The molecule has 9 nitrogen and oxygen atoms in total. The minimum absolute atomic E-state index is 0.0646. The average Bonchev–Trinajstić information content (AvgIpc) is 2.47. The number of carboxylic acid groups (broad SMARTS) is 1. The predicted molar refractivity (Wildman–Crippen MR) is 71.9 cm³/mol. The van der Waals surface area contributed by atoms with Crippen molar-refractivity contribution in [3.63, 3.8) is 0 Å². The second kappa shape index (κ2) is 9.14. The van der Waals surface area contributed by atoms with E-state index in [2.05, 4.69) is 10.6 Å². The van der Waals surface area contributed by atoms with Crippen LogP contribution in [0.3, 0.4) is 0 Å². The summed E-state index contributed by atoms with van der Waals surface area (Å²) in [6.45, 7) is 2.17. The van der Waals surface area contributed by atoms with Crippen LogP contribution >= 0.6 is 0 Å². The number of nitrogens with zero attached hydrogens (tertiary/aromatic N) is 1. The third kappa shape index (κ3) is 6.41. The Kier molecular flexibility index (Phi) is 7.48. The molecule has 21 heavy (non-hydrogen) atoms. The highest BCUT2D eigenvalue weighted by Gasteiger charge is 2.20. The van der Waals surface area contributed by atoms with Crippen molar-refractivity contribution in [1.82, 2.24) is 15.5 Å². The molecule has 0 saturated carbocycles. The lowest BCUT2D eigenvalue weighted by Gasteiger charge is -2.26. The number of carbonyl (C=O) groups excluding carboxylic acids is 2. The van der Waals surface area contributed by atoms with Gasteiger partial charge in [-0.25, -0.2) is 9.59 Å². The van der Waals surface area contributed by atoms with Gasteiger partial charge in [0.05, 0.1) is 19.8 Å². The quantitative estimate of drug-likeness (QED) is 0.534. The highest BCUT2D eigenvalue weighted by Crippen LogP contribution is 1.99. The zero-order chi connectivity index (χ0) is 15.7. The summed E-state index contributed by atoms with van der Waals surface area (Å²) in [7, 11) is 1.34. The fraction of sp³-hybridized carbons (Fsp3) is 0.750. The molecule has 1 aliphatic heterocycles. The van der Waals surface area contributed by atoms with Crippen LogP contribution < -0.4 is 10.6 Å². The van der Waals surface area contributed by atoms with Crippen LogP contribution in [0.25, 0.3) is 0 Å². The van der Waals surface area contributed by atoms with E-state index in [0.717, 1.165) is 0 Å². The number of nitrogens with one attached hydrogen (secondary N) is 2. The SMILES string of the molecule is COCC(NC(=O)NCCC(=O)N1CCOCC1)C(=O)O. The standard InChI is InChI=1S/C12H21N3O6/c1-20-8-9(11(17)18)14-12(19)13-3-2-10(16)15-4-6-21-7-5-15/h9H,2-8H2,1H3,(H,17,18)(H2,13,14,19). The topological polar surface area (TPSA) is 117 Å². The number of rotatable bonds is 7. The molecule has 0 aromatic heterocycles. The molecule has 3 amide bonds. The number of hydrogen-bond acceptors (Lipinski definition) is 5. The second-order valence-corrected chi connectivity index (χ2v) is 4.49. The van der Waals surface area contributed by atoms with Crippen molar-refractivity contribution in [3.8, 4) is 0 Å². The number of morpholine rings is 1. The van der Waals surface area contributed by atoms with Gasteiger partial charge in [0.2, 0.25) is 5.91 Å². The summed E-state index contributed by atoms with van der Waals surface area (Å²) in [5, 5.41) is 13.5. The number of urea groups is 1. The van der Waals surface area contributed by atoms with Crippen molar-refractivity contribution in [2.75, 3.05) is 46.6 Å². The highest BCUT2D eigenvalue weighted by atomic mass is 16.5. The van der Waals surface area contributed by atoms with Gasteiger partial charge >= 0.3 is 12.0 Å². The molecule has 1 rings (SSSR count). The molecule has 1 unspecified atom stereocenters. The first-order chi connectivity index (χ1) is 10.0. The van der Waals surface area contributed by atoms with E-state index in [1.807, 2.05) is 0 Å². The summed E-state index contributed by atoms with van der Waals surface area (Å²) < 4.78 is 9.83. The smallest absolute Gasteiger partial charge is 0.328 e. The Labute approximate surface area is 122 Å². The molecular formula is C12H21N3O6. The number of hydrogen-bond donors (Lipinski definition) is 3. The van der Waals surface area contributed by atoms with Gasteiger partial charge in [-0.15, -0.1) is 0 Å². The zero-order valence-electron chi connectivity index (χ0n) is 12.0. The Balaban J connectivity index is 2.22. The van der Waals surface area contributed by atoms with Gasteiger partial charge in [0.15, 0.2) is 6.04 Å². The van der Waals surface area contributed by atoms with E-state index >= 15 is 0 Å². The first-order valence-corrected chi connectivity index (χ1v) is 6.66. The Hall–Kier alpha value is -1.87. The van der Waals surface area contributed by atoms with E-state index in [1.165, 1.54) is 7.11 Å². The molecule has 0 spiro atoms. The van der Waals surface area contributed by atoms with Gasteiger partial charge in [0, 0.05) is 33.2 Å². The Bertz CT molecular complexity index is 370. The van der Waals surface area contributed by atoms with Crippen LogP contribution in [0.1, 0.15) is 6.42 Å². The molecule has 1 fully saturated rings. The van der Waals surface area contributed by atoms with Crippen LogP contribution in [0.15, 0.2) is 0 Å². The van der Waals surface area contributed by atoms with E-state index in [-0.39, 0.29) is 25.5 Å². The molecule has 0 radical (unpaired) electrons. The van der Waals surface area contributed by atoms with Crippen LogP contribution in [-0.4, -0.2) is 80.5 Å². The van der Waals surface area contributed by atoms with Crippen LogP contribution in [0, 0.1) is 0 Å². The summed E-state index contributed by atoms with van der Waals surface area (Å²) in [5.74, 6) is -1.25. The summed E-state index contributed by atoms with van der Waals surface area (Å²) in [6, 6.07) is -1.76. The lowest BCUT2D eigenvalue weighted by Crippen LogP contribution is -2.49. The zero-order valence-corrected chi connectivity index (χ0v) is 12.0. The summed E-state index contributed by atoms with van der Waals surface area (Å²) >= 11 is 0. The van der Waals surface area contributed by atoms with Crippen LogP contribution in [0.5, 0.6) is 0 Å². The van der Waals surface area contributed by atoms with Crippen LogP contribution in [-0.2, 0) is 19.1 Å². The van der Waals surface area contributed by atoms with Gasteiger partial charge in [-0.3, -0.25) is 4.79 Å². The Morgan fingerprint density at radius 3 is 2.57 bits per heavy atom. The van der Waals surface area contributed by atoms with Gasteiger partial charge in [-0.2, -0.15) is 0 Å². The third-order valence-electron chi connectivity index (χ3n) is 2.92. The molecular weight excluding hydrogens is 282 g/mol. The molecule has 1 atom stereocenters. The number of carboxylic acids is 1. The van der Waals surface area contributed by atoms with Crippen LogP contribution in [0.2, 0.25) is 0 Å². The largest absolute Gasteiger partial charge is 0.480 e. The molecule has 3 N–H and O–H groups in total. The molecule has 1 saturated heterocycles. The highest BCUT2D eigenvalue weighted by molar-refractivity contribution is 5.83. The normalized spacial score (nSPS) is 16.1. The molecule has 1 heterocycles. The number of aliphatic carboxylic acids is 1. The third-order valence-corrected chi connectivity index (χ3v) is 2.92. The summed E-state index contributed by atoms with van der Waals surface area (Å²) in [6.07, 6.45) is 0.162. The fourth-order valence-electron chi connectivity index (χ4n) is 1.80. The van der Waals surface area contributed by atoms with Crippen molar-refractivity contribution in [2.24, 2.45) is 0 Å². The van der Waals surface area contributed by atoms with Gasteiger partial charge in [-0.1, -0.05) is 0 Å². The molecule has 120 valence electrons. The Morgan fingerprint density at radius 2 is 2.00 bits per heavy atom. The van der Waals surface area contributed by atoms with Gasteiger partial charge in [-0.05, 0) is 0 Å².